The molecule has 1 heterocycles. The van der Waals surface area contributed by atoms with Gasteiger partial charge in [-0.2, -0.15) is 0 Å². The number of halogens is 2. The van der Waals surface area contributed by atoms with Crippen LogP contribution in [0.3, 0.4) is 0 Å². The van der Waals surface area contributed by atoms with Crippen molar-refractivity contribution in [2.75, 3.05) is 6.54 Å². The third kappa shape index (κ3) is 6.57. The maximum atomic E-state index is 12.3. The monoisotopic (exact) mass is 459 g/mol. The summed E-state index contributed by atoms with van der Waals surface area (Å²) in [5.74, 6) is 0.622. The van der Waals surface area contributed by atoms with Gasteiger partial charge in [-0.05, 0) is 36.1 Å². The van der Waals surface area contributed by atoms with Crippen LogP contribution in [0.25, 0.3) is 0 Å². The summed E-state index contributed by atoms with van der Waals surface area (Å²) < 4.78 is 5.63. The normalized spacial score (nSPS) is 12.4. The van der Waals surface area contributed by atoms with E-state index in [0.29, 0.717) is 41.5 Å². The molecule has 0 aliphatic rings. The predicted molar refractivity (Wildman–Crippen MR) is 124 cm³/mol. The van der Waals surface area contributed by atoms with Crippen LogP contribution < -0.4 is 5.32 Å². The Morgan fingerprint density at radius 3 is 2.48 bits per heavy atom. The van der Waals surface area contributed by atoms with Gasteiger partial charge in [0.1, 0.15) is 6.26 Å². The molecule has 164 valence electrons. The first-order valence-corrected chi connectivity index (χ1v) is 11.0. The highest BCUT2D eigenvalue weighted by Crippen LogP contribution is 2.27. The molecule has 0 spiro atoms. The van der Waals surface area contributed by atoms with E-state index in [1.54, 1.807) is 6.07 Å². The lowest BCUT2D eigenvalue weighted by Crippen LogP contribution is -2.28. The minimum absolute atomic E-state index is 0.0840. The number of hydrogen-bond acceptors (Lipinski definition) is 4. The Morgan fingerprint density at radius 2 is 1.81 bits per heavy atom. The molecule has 0 saturated heterocycles. The second kappa shape index (κ2) is 10.8. The van der Waals surface area contributed by atoms with Gasteiger partial charge in [0, 0.05) is 19.1 Å². The number of rotatable bonds is 9. The van der Waals surface area contributed by atoms with Crippen LogP contribution in [-0.2, 0) is 13.1 Å². The summed E-state index contributed by atoms with van der Waals surface area (Å²) in [6.45, 7) is 7.86. The first kappa shape index (κ1) is 23.3. The van der Waals surface area contributed by atoms with E-state index < -0.39 is 0 Å². The largest absolute Gasteiger partial charge is 0.447 e. The molecule has 1 atom stereocenters. The van der Waals surface area contributed by atoms with E-state index in [4.69, 9.17) is 27.6 Å². The molecule has 1 amide bonds. The minimum Gasteiger partial charge on any atom is -0.447 e. The summed E-state index contributed by atoms with van der Waals surface area (Å²) in [5, 5.41) is 3.91. The molecule has 7 heteroatoms. The molecule has 0 fully saturated rings. The highest BCUT2D eigenvalue weighted by atomic mass is 35.5. The lowest BCUT2D eigenvalue weighted by molar-refractivity contribution is 0.0944. The van der Waals surface area contributed by atoms with Crippen molar-refractivity contribution < 1.29 is 9.21 Å². The minimum atomic E-state index is -0.226. The Hall–Kier alpha value is -2.34. The number of benzene rings is 2. The van der Waals surface area contributed by atoms with Crippen molar-refractivity contribution >= 4 is 29.1 Å². The quantitative estimate of drug-likeness (QED) is 0.417. The molecule has 0 bridgehead atoms. The Labute approximate surface area is 193 Å². The molecule has 0 aliphatic heterocycles. The molecule has 0 unspecified atom stereocenters. The third-order valence-electron chi connectivity index (χ3n) is 4.99. The Bertz CT molecular complexity index is 1010. The molecule has 0 saturated carbocycles. The van der Waals surface area contributed by atoms with Crippen LogP contribution >= 0.6 is 23.2 Å². The molecule has 3 rings (SSSR count). The van der Waals surface area contributed by atoms with Gasteiger partial charge < -0.3 is 9.73 Å². The van der Waals surface area contributed by atoms with Gasteiger partial charge in [0.25, 0.3) is 5.91 Å². The van der Waals surface area contributed by atoms with E-state index in [1.165, 1.54) is 11.8 Å². The second-order valence-corrected chi connectivity index (χ2v) is 8.78. The molecule has 31 heavy (non-hydrogen) atoms. The van der Waals surface area contributed by atoms with Gasteiger partial charge in [0.05, 0.1) is 16.6 Å². The maximum Gasteiger partial charge on any atom is 0.273 e. The Morgan fingerprint density at radius 1 is 1.06 bits per heavy atom. The number of carbonyl (C=O) groups is 1. The zero-order valence-electron chi connectivity index (χ0n) is 17.9. The first-order valence-electron chi connectivity index (χ1n) is 10.3. The highest BCUT2D eigenvalue weighted by molar-refractivity contribution is 6.42. The van der Waals surface area contributed by atoms with E-state index in [9.17, 15) is 4.79 Å². The summed E-state index contributed by atoms with van der Waals surface area (Å²) in [6.07, 6.45) is 1.41. The van der Waals surface area contributed by atoms with Crippen molar-refractivity contribution in [3.8, 4) is 0 Å². The van der Waals surface area contributed by atoms with Gasteiger partial charge in [-0.3, -0.25) is 9.69 Å². The van der Waals surface area contributed by atoms with Crippen LogP contribution in [-0.4, -0.2) is 22.3 Å². The number of amides is 1. The van der Waals surface area contributed by atoms with Crippen LogP contribution in [0.2, 0.25) is 10.0 Å². The second-order valence-electron chi connectivity index (χ2n) is 7.97. The molecule has 2 aromatic carbocycles. The van der Waals surface area contributed by atoms with Crippen molar-refractivity contribution in [2.24, 2.45) is 5.92 Å². The van der Waals surface area contributed by atoms with Crippen molar-refractivity contribution in [1.29, 1.82) is 0 Å². The van der Waals surface area contributed by atoms with Crippen LogP contribution in [0, 0.1) is 5.92 Å². The van der Waals surface area contributed by atoms with Crippen molar-refractivity contribution in [3.63, 3.8) is 0 Å². The van der Waals surface area contributed by atoms with Crippen LogP contribution in [0.4, 0.5) is 0 Å². The van der Waals surface area contributed by atoms with Gasteiger partial charge in [-0.1, -0.05) is 73.4 Å². The van der Waals surface area contributed by atoms with E-state index in [1.807, 2.05) is 44.2 Å². The van der Waals surface area contributed by atoms with Crippen LogP contribution in [0.1, 0.15) is 54.3 Å². The maximum absolute atomic E-state index is 12.3. The average molecular weight is 460 g/mol. The van der Waals surface area contributed by atoms with Crippen molar-refractivity contribution in [3.05, 3.63) is 87.6 Å². The van der Waals surface area contributed by atoms with Gasteiger partial charge in [-0.15, -0.1) is 0 Å². The fourth-order valence-corrected chi connectivity index (χ4v) is 3.51. The standard InChI is InChI=1S/C24H27Cl2N3O2/c1-16(2)12-27-24(30)22-15-31-23(28-22)14-29(17(3)19-7-5-4-6-8-19)13-18-9-10-20(25)21(26)11-18/h4-11,15-17H,12-14H2,1-3H3,(H,27,30)/t17-/m1/s1. The lowest BCUT2D eigenvalue weighted by Gasteiger charge is -2.28. The molecule has 1 N–H and O–H groups in total. The topological polar surface area (TPSA) is 58.4 Å². The fourth-order valence-electron chi connectivity index (χ4n) is 3.19. The number of nitrogens with zero attached hydrogens (tertiary/aromatic N) is 2. The van der Waals surface area contributed by atoms with E-state index in [-0.39, 0.29) is 17.6 Å². The van der Waals surface area contributed by atoms with Gasteiger partial charge in [0.2, 0.25) is 5.89 Å². The zero-order valence-corrected chi connectivity index (χ0v) is 19.5. The van der Waals surface area contributed by atoms with Crippen molar-refractivity contribution in [2.45, 2.75) is 39.9 Å². The van der Waals surface area contributed by atoms with E-state index in [0.717, 1.165) is 5.56 Å². The molecular formula is C24H27Cl2N3O2. The van der Waals surface area contributed by atoms with Crippen molar-refractivity contribution in [1.82, 2.24) is 15.2 Å². The molecule has 3 aromatic rings. The molecule has 5 nitrogen and oxygen atoms in total. The lowest BCUT2D eigenvalue weighted by atomic mass is 10.1. The van der Waals surface area contributed by atoms with Gasteiger partial charge in [0.15, 0.2) is 5.69 Å². The SMILES string of the molecule is CC(C)CNC(=O)c1coc(CN(Cc2ccc(Cl)c(Cl)c2)[C@H](C)c2ccccc2)n1. The summed E-state index contributed by atoms with van der Waals surface area (Å²) in [4.78, 5) is 18.9. The van der Waals surface area contributed by atoms with Crippen LogP contribution in [0.5, 0.6) is 0 Å². The summed E-state index contributed by atoms with van der Waals surface area (Å²) in [6, 6.07) is 15.9. The molecule has 0 aliphatic carbocycles. The zero-order chi connectivity index (χ0) is 22.4. The number of nitrogens with one attached hydrogen (secondary N) is 1. The molecule has 0 radical (unpaired) electrons. The Balaban J connectivity index is 1.79. The number of aromatic nitrogens is 1. The first-order chi connectivity index (χ1) is 14.8. The summed E-state index contributed by atoms with van der Waals surface area (Å²) >= 11 is 12.3. The fraction of sp³-hybridized carbons (Fsp3) is 0.333. The van der Waals surface area contributed by atoms with E-state index in [2.05, 4.69) is 34.3 Å². The summed E-state index contributed by atoms with van der Waals surface area (Å²) in [5.41, 5.74) is 2.49. The predicted octanol–water partition coefficient (Wildman–Crippen LogP) is 6.13. The third-order valence-corrected chi connectivity index (χ3v) is 5.73. The van der Waals surface area contributed by atoms with Gasteiger partial charge >= 0.3 is 0 Å². The molecule has 1 aromatic heterocycles. The average Bonchev–Trinajstić information content (AvgIpc) is 3.23. The van der Waals surface area contributed by atoms with Crippen LogP contribution in [0.15, 0.2) is 59.2 Å². The number of hydrogen-bond donors (Lipinski definition) is 1. The van der Waals surface area contributed by atoms with Gasteiger partial charge in [-0.25, -0.2) is 4.98 Å². The summed E-state index contributed by atoms with van der Waals surface area (Å²) in [7, 11) is 0. The molecular weight excluding hydrogens is 433 g/mol. The van der Waals surface area contributed by atoms with E-state index >= 15 is 0 Å². The smallest absolute Gasteiger partial charge is 0.273 e. The highest BCUT2D eigenvalue weighted by Gasteiger charge is 2.21. The number of carbonyl (C=O) groups excluding carboxylic acids is 1. The Kier molecular flexibility index (Phi) is 8.13. The number of oxazole rings is 1.